The Kier molecular flexibility index (Phi) is 6.38. The number of nitrogens with zero attached hydrogens (tertiary/aromatic N) is 3. The molecule has 9 heteroatoms. The molecule has 9 nitrogen and oxygen atoms in total. The fourth-order valence-corrected chi connectivity index (χ4v) is 4.06. The predicted molar refractivity (Wildman–Crippen MR) is 115 cm³/mol. The fourth-order valence-electron chi connectivity index (χ4n) is 4.06. The van der Waals surface area contributed by atoms with Crippen LogP contribution in [0.25, 0.3) is 5.76 Å². The van der Waals surface area contributed by atoms with Crippen LogP contribution in [0.4, 0.5) is 0 Å². The number of ether oxygens (including phenoxy) is 2. The number of amides is 1. The first kappa shape index (κ1) is 21.8. The Morgan fingerprint density at radius 3 is 2.56 bits per heavy atom. The number of carbonyl (C=O) groups is 2. The van der Waals surface area contributed by atoms with Gasteiger partial charge in [-0.25, -0.2) is 0 Å². The number of pyridine rings is 1. The lowest BCUT2D eigenvalue weighted by Crippen LogP contribution is -2.42. The molecule has 2 saturated heterocycles. The molecule has 2 N–H and O–H groups in total. The van der Waals surface area contributed by atoms with Gasteiger partial charge in [0.2, 0.25) is 0 Å². The largest absolute Gasteiger partial charge is 0.507 e. The van der Waals surface area contributed by atoms with Gasteiger partial charge in [0.05, 0.1) is 31.9 Å². The molecular weight excluding hydrogens is 414 g/mol. The molecule has 1 atom stereocenters. The van der Waals surface area contributed by atoms with Crippen LogP contribution in [0, 0.1) is 0 Å². The Labute approximate surface area is 185 Å². The summed E-state index contributed by atoms with van der Waals surface area (Å²) in [5.41, 5.74) is 0.939. The number of morpholine rings is 1. The summed E-state index contributed by atoms with van der Waals surface area (Å²) in [5.74, 6) is -1.54. The number of aromatic nitrogens is 1. The molecule has 1 amide bonds. The topological polar surface area (TPSA) is 112 Å². The number of aliphatic hydroxyl groups excluding tert-OH is 1. The van der Waals surface area contributed by atoms with Crippen molar-refractivity contribution in [3.8, 4) is 11.5 Å². The van der Waals surface area contributed by atoms with Gasteiger partial charge in [0, 0.05) is 44.1 Å². The second-order valence-corrected chi connectivity index (χ2v) is 7.61. The van der Waals surface area contributed by atoms with E-state index in [9.17, 15) is 19.8 Å². The van der Waals surface area contributed by atoms with Crippen LogP contribution in [0.5, 0.6) is 11.5 Å². The second kappa shape index (κ2) is 9.37. The van der Waals surface area contributed by atoms with Gasteiger partial charge < -0.3 is 24.6 Å². The molecule has 2 aliphatic heterocycles. The number of benzene rings is 1. The van der Waals surface area contributed by atoms with Crippen molar-refractivity contribution in [3.05, 3.63) is 59.4 Å². The van der Waals surface area contributed by atoms with Crippen LogP contribution in [0.3, 0.4) is 0 Å². The van der Waals surface area contributed by atoms with Crippen LogP contribution in [0.15, 0.2) is 48.3 Å². The van der Waals surface area contributed by atoms with Gasteiger partial charge in [-0.05, 0) is 29.8 Å². The Hall–Kier alpha value is -3.43. The summed E-state index contributed by atoms with van der Waals surface area (Å²) in [5, 5.41) is 21.0. The molecule has 4 rings (SSSR count). The number of hydrogen-bond donors (Lipinski definition) is 2. The molecule has 3 heterocycles. The molecule has 1 unspecified atom stereocenters. The van der Waals surface area contributed by atoms with Gasteiger partial charge >= 0.3 is 0 Å². The highest BCUT2D eigenvalue weighted by Crippen LogP contribution is 2.41. The number of aliphatic hydroxyl groups is 1. The minimum atomic E-state index is -0.821. The first-order valence-electron chi connectivity index (χ1n) is 10.4. The van der Waals surface area contributed by atoms with Crippen molar-refractivity contribution in [3.63, 3.8) is 0 Å². The van der Waals surface area contributed by atoms with Gasteiger partial charge in [-0.3, -0.25) is 19.5 Å². The van der Waals surface area contributed by atoms with Crippen LogP contribution in [-0.4, -0.2) is 83.2 Å². The Morgan fingerprint density at radius 2 is 1.88 bits per heavy atom. The minimum Gasteiger partial charge on any atom is -0.507 e. The van der Waals surface area contributed by atoms with Crippen LogP contribution < -0.4 is 4.74 Å². The lowest BCUT2D eigenvalue weighted by molar-refractivity contribution is -0.140. The first-order chi connectivity index (χ1) is 15.5. The van der Waals surface area contributed by atoms with Crippen LogP contribution in [0.1, 0.15) is 17.2 Å². The number of carbonyl (C=O) groups excluding carboxylic acids is 2. The van der Waals surface area contributed by atoms with Crippen LogP contribution >= 0.6 is 0 Å². The maximum atomic E-state index is 13.0. The maximum absolute atomic E-state index is 13.0. The zero-order valence-electron chi connectivity index (χ0n) is 17.7. The highest BCUT2D eigenvalue weighted by atomic mass is 16.5. The Balaban J connectivity index is 1.76. The third-order valence-corrected chi connectivity index (χ3v) is 5.77. The molecule has 0 bridgehead atoms. The lowest BCUT2D eigenvalue weighted by Gasteiger charge is -2.31. The van der Waals surface area contributed by atoms with Crippen molar-refractivity contribution in [2.75, 3.05) is 46.5 Å². The fraction of sp³-hybridized carbons (Fsp3) is 0.348. The normalized spacial score (nSPS) is 21.2. The number of hydrogen-bond acceptors (Lipinski definition) is 8. The summed E-state index contributed by atoms with van der Waals surface area (Å²) in [6.07, 6.45) is 3.00. The van der Waals surface area contributed by atoms with Crippen molar-refractivity contribution >= 4 is 17.4 Å². The van der Waals surface area contributed by atoms with E-state index < -0.39 is 17.7 Å². The molecule has 2 aliphatic rings. The van der Waals surface area contributed by atoms with Crippen molar-refractivity contribution < 1.29 is 29.3 Å². The maximum Gasteiger partial charge on any atom is 0.295 e. The lowest BCUT2D eigenvalue weighted by atomic mass is 9.95. The van der Waals surface area contributed by atoms with E-state index in [-0.39, 0.29) is 22.8 Å². The summed E-state index contributed by atoms with van der Waals surface area (Å²) < 4.78 is 10.6. The number of ketones is 1. The molecular formula is C23H25N3O6. The molecule has 2 fully saturated rings. The minimum absolute atomic E-state index is 0.00378. The van der Waals surface area contributed by atoms with E-state index in [2.05, 4.69) is 9.88 Å². The first-order valence-corrected chi connectivity index (χ1v) is 10.4. The molecule has 0 radical (unpaired) electrons. The average molecular weight is 439 g/mol. The van der Waals surface area contributed by atoms with Gasteiger partial charge in [0.1, 0.15) is 5.76 Å². The Bertz CT molecular complexity index is 1030. The number of phenolic OH excluding ortho intramolecular Hbond substituents is 1. The molecule has 168 valence electrons. The van der Waals surface area contributed by atoms with E-state index in [1.807, 2.05) is 0 Å². The number of rotatable bonds is 6. The van der Waals surface area contributed by atoms with E-state index >= 15 is 0 Å². The monoisotopic (exact) mass is 439 g/mol. The van der Waals surface area contributed by atoms with E-state index in [0.29, 0.717) is 37.4 Å². The quantitative estimate of drug-likeness (QED) is 0.396. The summed E-state index contributed by atoms with van der Waals surface area (Å²) in [6.45, 7) is 3.61. The zero-order valence-corrected chi connectivity index (χ0v) is 17.7. The van der Waals surface area contributed by atoms with Crippen LogP contribution in [0.2, 0.25) is 0 Å². The molecule has 1 aromatic carbocycles. The van der Waals surface area contributed by atoms with E-state index in [0.717, 1.165) is 13.1 Å². The molecule has 32 heavy (non-hydrogen) atoms. The Morgan fingerprint density at radius 1 is 1.16 bits per heavy atom. The summed E-state index contributed by atoms with van der Waals surface area (Å²) >= 11 is 0. The molecule has 0 saturated carbocycles. The van der Waals surface area contributed by atoms with Crippen molar-refractivity contribution in [2.45, 2.75) is 6.04 Å². The SMILES string of the molecule is COc1cc(C2/C(=C(\O)c3ccncc3)C(=O)C(=O)N2CCN2CCOCC2)ccc1O. The second-order valence-electron chi connectivity index (χ2n) is 7.61. The smallest absolute Gasteiger partial charge is 0.295 e. The molecule has 2 aromatic rings. The van der Waals surface area contributed by atoms with Crippen LogP contribution in [-0.2, 0) is 14.3 Å². The van der Waals surface area contributed by atoms with Crippen molar-refractivity contribution in [1.82, 2.24) is 14.8 Å². The van der Waals surface area contributed by atoms with E-state index in [1.54, 1.807) is 24.3 Å². The number of likely N-dealkylation sites (tertiary alicyclic amines) is 1. The van der Waals surface area contributed by atoms with E-state index in [1.165, 1.54) is 30.5 Å². The highest BCUT2D eigenvalue weighted by molar-refractivity contribution is 6.46. The number of methoxy groups -OCH3 is 1. The number of Topliss-reactive ketones (excluding diaryl/α,β-unsaturated/α-hetero) is 1. The number of phenols is 1. The average Bonchev–Trinajstić information content (AvgIpc) is 3.08. The molecule has 0 spiro atoms. The van der Waals surface area contributed by atoms with Gasteiger partial charge in [-0.2, -0.15) is 0 Å². The van der Waals surface area contributed by atoms with E-state index in [4.69, 9.17) is 9.47 Å². The third kappa shape index (κ3) is 4.17. The van der Waals surface area contributed by atoms with Crippen molar-refractivity contribution in [1.29, 1.82) is 0 Å². The third-order valence-electron chi connectivity index (χ3n) is 5.77. The predicted octanol–water partition coefficient (Wildman–Crippen LogP) is 1.55. The molecule has 1 aromatic heterocycles. The zero-order chi connectivity index (χ0) is 22.7. The summed E-state index contributed by atoms with van der Waals surface area (Å²) in [4.78, 5) is 33.6. The summed E-state index contributed by atoms with van der Waals surface area (Å²) in [6, 6.07) is 6.97. The van der Waals surface area contributed by atoms with Gasteiger partial charge in [-0.15, -0.1) is 0 Å². The standard InChI is InChI=1S/C23H25N3O6/c1-31-18-14-16(2-3-17(18)27)20-19(21(28)15-4-6-24-7-5-15)22(29)23(30)26(20)9-8-25-10-12-32-13-11-25/h2-7,14,20,27-28H,8-13H2,1H3/b21-19+. The van der Waals surface area contributed by atoms with Crippen molar-refractivity contribution in [2.24, 2.45) is 0 Å². The molecule has 0 aliphatic carbocycles. The van der Waals surface area contributed by atoms with Gasteiger partial charge in [0.15, 0.2) is 11.5 Å². The van der Waals surface area contributed by atoms with Gasteiger partial charge in [0.25, 0.3) is 11.7 Å². The van der Waals surface area contributed by atoms with Gasteiger partial charge in [-0.1, -0.05) is 6.07 Å². The highest BCUT2D eigenvalue weighted by Gasteiger charge is 2.46. The number of aromatic hydroxyl groups is 1. The summed E-state index contributed by atoms with van der Waals surface area (Å²) in [7, 11) is 1.42.